The molecule has 0 saturated carbocycles. The van der Waals surface area contributed by atoms with Gasteiger partial charge in [-0.1, -0.05) is 0 Å². The molecule has 0 unspecified atom stereocenters. The van der Waals surface area contributed by atoms with E-state index in [0.717, 1.165) is 11.3 Å². The summed E-state index contributed by atoms with van der Waals surface area (Å²) in [5.41, 5.74) is 0.130. The fraction of sp³-hybridized carbons (Fsp3) is 0.0588. The third-order valence-electron chi connectivity index (χ3n) is 3.54. The third kappa shape index (κ3) is 2.37. The largest absolute Gasteiger partial charge is 0.492 e. The molecule has 0 atom stereocenters. The number of hydrogen-bond acceptors (Lipinski definition) is 4. The van der Waals surface area contributed by atoms with Gasteiger partial charge < -0.3 is 9.84 Å². The number of hydrogen-bond donors (Lipinski definition) is 1. The number of benzene rings is 2. The van der Waals surface area contributed by atoms with Crippen LogP contribution in [-0.2, 0) is 0 Å². The lowest BCUT2D eigenvalue weighted by molar-refractivity contribution is 0.0703. The molecule has 1 heterocycles. The van der Waals surface area contributed by atoms with Crippen LogP contribution in [0.15, 0.2) is 30.3 Å². The predicted molar refractivity (Wildman–Crippen MR) is 85.4 cm³/mol. The Balaban J connectivity index is 2.40. The molecule has 0 amide bonds. The molecule has 0 fully saturated rings. The van der Waals surface area contributed by atoms with Gasteiger partial charge in [-0.15, -0.1) is 11.3 Å². The minimum absolute atomic E-state index is 0.00112. The van der Waals surface area contributed by atoms with E-state index in [9.17, 15) is 18.7 Å². The average Bonchev–Trinajstić information content (AvgIpc) is 2.93. The van der Waals surface area contributed by atoms with Crippen molar-refractivity contribution in [1.29, 1.82) is 5.26 Å². The first-order valence-corrected chi connectivity index (χ1v) is 7.52. The van der Waals surface area contributed by atoms with Crippen molar-refractivity contribution in [2.45, 2.75) is 0 Å². The lowest BCUT2D eigenvalue weighted by Crippen LogP contribution is -1.99. The Labute approximate surface area is 139 Å². The van der Waals surface area contributed by atoms with Crippen LogP contribution in [0, 0.1) is 23.0 Å². The van der Waals surface area contributed by atoms with Crippen LogP contribution < -0.4 is 4.74 Å². The second-order valence-electron chi connectivity index (χ2n) is 4.87. The number of rotatable bonds is 3. The van der Waals surface area contributed by atoms with E-state index >= 15 is 0 Å². The van der Waals surface area contributed by atoms with Crippen LogP contribution in [0.1, 0.15) is 15.2 Å². The van der Waals surface area contributed by atoms with E-state index in [4.69, 9.17) is 10.00 Å². The Kier molecular flexibility index (Phi) is 3.91. The van der Waals surface area contributed by atoms with Gasteiger partial charge in [0.15, 0.2) is 11.6 Å². The SMILES string of the molecule is COc1c(C#N)ccc(-c2c(C(=O)O)sc3cc(F)ccc23)c1F. The number of nitriles is 1. The van der Waals surface area contributed by atoms with Gasteiger partial charge in [0.1, 0.15) is 16.8 Å². The summed E-state index contributed by atoms with van der Waals surface area (Å²) in [5, 5.41) is 18.9. The first-order valence-electron chi connectivity index (χ1n) is 6.70. The van der Waals surface area contributed by atoms with E-state index in [2.05, 4.69) is 0 Å². The molecule has 120 valence electrons. The number of carbonyl (C=O) groups is 1. The van der Waals surface area contributed by atoms with Crippen LogP contribution in [0.3, 0.4) is 0 Å². The lowest BCUT2D eigenvalue weighted by atomic mass is 9.99. The highest BCUT2D eigenvalue weighted by Gasteiger charge is 2.24. The molecule has 1 N–H and O–H groups in total. The second kappa shape index (κ2) is 5.91. The maximum atomic E-state index is 14.8. The number of carboxylic acid groups (broad SMARTS) is 1. The number of ether oxygens (including phenoxy) is 1. The Bertz CT molecular complexity index is 1020. The Morgan fingerprint density at radius 1 is 1.29 bits per heavy atom. The van der Waals surface area contributed by atoms with Crippen molar-refractivity contribution in [2.24, 2.45) is 0 Å². The number of thiophene rings is 1. The molecular formula is C17H9F2NO3S. The number of fused-ring (bicyclic) bond motifs is 1. The summed E-state index contributed by atoms with van der Waals surface area (Å²) in [7, 11) is 1.22. The first-order chi connectivity index (χ1) is 11.5. The van der Waals surface area contributed by atoms with Crippen molar-refractivity contribution >= 4 is 27.4 Å². The smallest absolute Gasteiger partial charge is 0.346 e. The molecule has 0 saturated heterocycles. The summed E-state index contributed by atoms with van der Waals surface area (Å²) < 4.78 is 33.5. The van der Waals surface area contributed by atoms with Crippen LogP contribution in [-0.4, -0.2) is 18.2 Å². The summed E-state index contributed by atoms with van der Waals surface area (Å²) in [4.78, 5) is 11.4. The number of halogens is 2. The lowest BCUT2D eigenvalue weighted by Gasteiger charge is -2.10. The van der Waals surface area contributed by atoms with E-state index in [0.29, 0.717) is 10.1 Å². The van der Waals surface area contributed by atoms with Gasteiger partial charge in [0.05, 0.1) is 12.7 Å². The monoisotopic (exact) mass is 345 g/mol. The van der Waals surface area contributed by atoms with Crippen LogP contribution in [0.25, 0.3) is 21.2 Å². The van der Waals surface area contributed by atoms with Crippen molar-refractivity contribution in [3.63, 3.8) is 0 Å². The van der Waals surface area contributed by atoms with Gasteiger partial charge in [0.2, 0.25) is 0 Å². The zero-order valence-electron chi connectivity index (χ0n) is 12.3. The highest BCUT2D eigenvalue weighted by Crippen LogP contribution is 2.42. The van der Waals surface area contributed by atoms with Crippen LogP contribution >= 0.6 is 11.3 Å². The summed E-state index contributed by atoms with van der Waals surface area (Å²) in [6.45, 7) is 0. The minimum atomic E-state index is -1.24. The summed E-state index contributed by atoms with van der Waals surface area (Å²) in [6, 6.07) is 8.29. The van der Waals surface area contributed by atoms with Crippen molar-refractivity contribution in [2.75, 3.05) is 7.11 Å². The predicted octanol–water partition coefficient (Wildman–Crippen LogP) is 4.42. The minimum Gasteiger partial charge on any atom is -0.492 e. The van der Waals surface area contributed by atoms with Gasteiger partial charge in [-0.05, 0) is 30.3 Å². The molecule has 0 aliphatic rings. The fourth-order valence-corrected chi connectivity index (χ4v) is 3.61. The van der Waals surface area contributed by atoms with E-state index in [-0.39, 0.29) is 27.3 Å². The van der Waals surface area contributed by atoms with Crippen molar-refractivity contribution in [1.82, 2.24) is 0 Å². The molecular weight excluding hydrogens is 336 g/mol. The van der Waals surface area contributed by atoms with Crippen molar-refractivity contribution in [3.05, 3.63) is 52.4 Å². The molecule has 0 radical (unpaired) electrons. The molecule has 0 aliphatic carbocycles. The van der Waals surface area contributed by atoms with E-state index in [1.54, 1.807) is 0 Å². The first kappa shape index (κ1) is 15.9. The summed E-state index contributed by atoms with van der Waals surface area (Å²) >= 11 is 0.861. The summed E-state index contributed by atoms with van der Waals surface area (Å²) in [6.07, 6.45) is 0. The highest BCUT2D eigenvalue weighted by molar-refractivity contribution is 7.21. The Morgan fingerprint density at radius 2 is 2.04 bits per heavy atom. The van der Waals surface area contributed by atoms with Crippen molar-refractivity contribution in [3.8, 4) is 22.9 Å². The van der Waals surface area contributed by atoms with E-state index in [1.807, 2.05) is 6.07 Å². The van der Waals surface area contributed by atoms with Gasteiger partial charge in [0.25, 0.3) is 0 Å². The normalized spacial score (nSPS) is 10.6. The molecule has 0 bridgehead atoms. The molecule has 4 nitrogen and oxygen atoms in total. The molecule has 24 heavy (non-hydrogen) atoms. The van der Waals surface area contributed by atoms with Crippen LogP contribution in [0.5, 0.6) is 5.75 Å². The summed E-state index contributed by atoms with van der Waals surface area (Å²) in [5.74, 6) is -2.84. The number of carboxylic acids is 1. The molecule has 3 rings (SSSR count). The topological polar surface area (TPSA) is 70.3 Å². The van der Waals surface area contributed by atoms with Gasteiger partial charge in [0, 0.05) is 21.2 Å². The molecule has 0 aliphatic heterocycles. The van der Waals surface area contributed by atoms with Gasteiger partial charge in [-0.3, -0.25) is 0 Å². The Morgan fingerprint density at radius 3 is 2.67 bits per heavy atom. The zero-order chi connectivity index (χ0) is 17.4. The average molecular weight is 345 g/mol. The number of nitrogens with zero attached hydrogens (tertiary/aromatic N) is 1. The van der Waals surface area contributed by atoms with E-state index < -0.39 is 17.6 Å². The van der Waals surface area contributed by atoms with E-state index in [1.165, 1.54) is 37.4 Å². The molecule has 0 spiro atoms. The molecule has 2 aromatic carbocycles. The maximum Gasteiger partial charge on any atom is 0.346 e. The molecule has 3 aromatic rings. The van der Waals surface area contributed by atoms with Crippen LogP contribution in [0.4, 0.5) is 8.78 Å². The maximum absolute atomic E-state index is 14.8. The second-order valence-corrected chi connectivity index (χ2v) is 5.92. The quantitative estimate of drug-likeness (QED) is 0.762. The fourth-order valence-electron chi connectivity index (χ4n) is 2.53. The third-order valence-corrected chi connectivity index (χ3v) is 4.68. The molecule has 7 heteroatoms. The number of methoxy groups -OCH3 is 1. The molecule has 1 aromatic heterocycles. The van der Waals surface area contributed by atoms with Gasteiger partial charge in [-0.2, -0.15) is 5.26 Å². The number of aromatic carboxylic acids is 1. The standard InChI is InChI=1S/C17H9F2NO3S/c1-23-15-8(7-20)2-4-11(14(15)19)13-10-5-3-9(18)6-12(10)24-16(13)17(21)22/h2-6H,1H3,(H,21,22). The highest BCUT2D eigenvalue weighted by atomic mass is 32.1. The Hall–Kier alpha value is -2.98. The van der Waals surface area contributed by atoms with Gasteiger partial charge >= 0.3 is 5.97 Å². The van der Waals surface area contributed by atoms with Gasteiger partial charge in [-0.25, -0.2) is 13.6 Å². The van der Waals surface area contributed by atoms with Crippen molar-refractivity contribution < 1.29 is 23.4 Å². The van der Waals surface area contributed by atoms with Crippen LogP contribution in [0.2, 0.25) is 0 Å². The zero-order valence-corrected chi connectivity index (χ0v) is 13.1.